The average Bonchev–Trinajstić information content (AvgIpc) is 3.01. The zero-order chi connectivity index (χ0) is 32.1. The number of hydrogen-bond donors (Lipinski definition) is 1. The van der Waals surface area contributed by atoms with Crippen LogP contribution in [0.25, 0.3) is 11.4 Å². The maximum Gasteiger partial charge on any atom is 0.356 e. The number of esters is 1. The first-order chi connectivity index (χ1) is 21.1. The second-order valence-corrected chi connectivity index (χ2v) is 10.5. The summed E-state index contributed by atoms with van der Waals surface area (Å²) < 4.78 is 47.9. The number of aromatic nitrogens is 3. The van der Waals surface area contributed by atoms with Crippen LogP contribution in [0.1, 0.15) is 43.7 Å². The molecule has 13 heteroatoms. The summed E-state index contributed by atoms with van der Waals surface area (Å²) in [6, 6.07) is 20.0. The molecule has 0 amide bonds. The predicted molar refractivity (Wildman–Crippen MR) is 163 cm³/mol. The van der Waals surface area contributed by atoms with Crippen LogP contribution in [-0.2, 0) is 20.7 Å². The number of carbonyl (C=O) groups excluding carboxylic acids is 1. The molecular formula is C31H34N4O8S. The topological polar surface area (TPSA) is 159 Å². The molecule has 0 aliphatic carbocycles. The molecule has 2 aromatic carbocycles. The maximum absolute atomic E-state index is 12.1. The molecule has 0 radical (unpaired) electrons. The van der Waals surface area contributed by atoms with Crippen molar-refractivity contribution >= 4 is 22.3 Å². The van der Waals surface area contributed by atoms with Gasteiger partial charge in [-0.05, 0) is 42.2 Å². The molecule has 44 heavy (non-hydrogen) atoms. The highest BCUT2D eigenvalue weighted by Crippen LogP contribution is 2.42. The van der Waals surface area contributed by atoms with Crippen molar-refractivity contribution in [1.82, 2.24) is 15.0 Å². The van der Waals surface area contributed by atoms with E-state index in [1.807, 2.05) is 0 Å². The van der Waals surface area contributed by atoms with E-state index < -0.39 is 16.5 Å². The van der Waals surface area contributed by atoms with E-state index in [2.05, 4.69) is 70.4 Å². The van der Waals surface area contributed by atoms with Gasteiger partial charge in [-0.3, -0.25) is 0 Å². The lowest BCUT2D eigenvalue weighted by atomic mass is 9.87. The second-order valence-electron chi connectivity index (χ2n) is 9.90. The van der Waals surface area contributed by atoms with Crippen LogP contribution < -0.4 is 14.2 Å². The molecule has 0 saturated heterocycles. The van der Waals surface area contributed by atoms with Crippen LogP contribution in [0.15, 0.2) is 77.3 Å². The molecule has 232 valence electrons. The van der Waals surface area contributed by atoms with Gasteiger partial charge in [-0.25, -0.2) is 14.8 Å². The summed E-state index contributed by atoms with van der Waals surface area (Å²) in [5.41, 5.74) is 2.00. The van der Waals surface area contributed by atoms with Crippen LogP contribution in [0, 0.1) is 0 Å². The highest BCUT2D eigenvalue weighted by molar-refractivity contribution is 7.61. The third-order valence-corrected chi connectivity index (χ3v) is 6.05. The Labute approximate surface area is 257 Å². The Balaban J connectivity index is 0.000000448. The Morgan fingerprint density at radius 3 is 2.25 bits per heavy atom. The lowest BCUT2D eigenvalue weighted by Crippen LogP contribution is -2.10. The van der Waals surface area contributed by atoms with Crippen LogP contribution >= 0.6 is 0 Å². The quantitative estimate of drug-likeness (QED) is 0.220. The van der Waals surface area contributed by atoms with Crippen molar-refractivity contribution in [3.63, 3.8) is 0 Å². The molecule has 0 atom stereocenters. The first-order valence-corrected chi connectivity index (χ1v) is 14.6. The van der Waals surface area contributed by atoms with Crippen LogP contribution in [0.2, 0.25) is 0 Å². The Morgan fingerprint density at radius 1 is 0.977 bits per heavy atom. The minimum atomic E-state index is -2.90. The van der Waals surface area contributed by atoms with E-state index in [1.54, 1.807) is 31.2 Å². The smallest absolute Gasteiger partial charge is 0.356 e. The number of ether oxygens (including phenoxy) is 4. The summed E-state index contributed by atoms with van der Waals surface area (Å²) >= 11 is 0. The van der Waals surface area contributed by atoms with Crippen molar-refractivity contribution in [3.8, 4) is 34.5 Å². The molecule has 0 aliphatic heterocycles. The van der Waals surface area contributed by atoms with Crippen molar-refractivity contribution in [2.24, 2.45) is 4.36 Å². The van der Waals surface area contributed by atoms with Gasteiger partial charge in [0.05, 0.1) is 20.3 Å². The Kier molecular flexibility index (Phi) is 12.3. The number of hydrogen-bond acceptors (Lipinski definition) is 12. The standard InChI is InChI=1S/C21H20N4O8S.C10H14/c1-3-31-21(27)14-12-13(8-9-22-14)18-23-19(25-34(28)29)17(20(24-18)32-11-10-26)33-16-7-5-4-6-15(16)30-2;1-10(2,3)9-7-5-4-6-8-9/h4-9,12,26H,3,10-11H2,1-2H3;4-8H,1-3H3. The van der Waals surface area contributed by atoms with Gasteiger partial charge in [0, 0.05) is 11.8 Å². The minimum Gasteiger partial charge on any atom is -0.493 e. The van der Waals surface area contributed by atoms with Gasteiger partial charge in [-0.15, -0.1) is 4.36 Å². The highest BCUT2D eigenvalue weighted by Gasteiger charge is 2.22. The molecule has 4 rings (SSSR count). The molecule has 2 heterocycles. The molecule has 0 spiro atoms. The molecule has 2 aromatic heterocycles. The number of methoxy groups -OCH3 is 1. The van der Waals surface area contributed by atoms with Crippen LogP contribution in [0.5, 0.6) is 23.1 Å². The summed E-state index contributed by atoms with van der Waals surface area (Å²) in [4.78, 5) is 24.5. The Morgan fingerprint density at radius 2 is 1.66 bits per heavy atom. The number of para-hydroxylation sites is 2. The monoisotopic (exact) mass is 622 g/mol. The molecule has 0 fully saturated rings. The average molecular weight is 623 g/mol. The third kappa shape index (κ3) is 9.57. The number of rotatable bonds is 10. The van der Waals surface area contributed by atoms with Crippen molar-refractivity contribution in [2.75, 3.05) is 26.9 Å². The van der Waals surface area contributed by atoms with Gasteiger partial charge in [-0.1, -0.05) is 63.2 Å². The fourth-order valence-electron chi connectivity index (χ4n) is 3.65. The van der Waals surface area contributed by atoms with Crippen LogP contribution in [-0.4, -0.2) is 61.4 Å². The zero-order valence-electron chi connectivity index (χ0n) is 25.1. The predicted octanol–water partition coefficient (Wildman–Crippen LogP) is 5.57. The lowest BCUT2D eigenvalue weighted by Gasteiger charge is -2.18. The second kappa shape index (κ2) is 16.1. The largest absolute Gasteiger partial charge is 0.493 e. The molecular weight excluding hydrogens is 588 g/mol. The SMILES string of the molecule is CC(C)(C)c1ccccc1.CCOC(=O)c1cc(-c2nc(N=S(=O)=O)c(Oc3ccccc3OC)c(OCCO)n2)ccn1. The van der Waals surface area contributed by atoms with E-state index >= 15 is 0 Å². The van der Waals surface area contributed by atoms with Gasteiger partial charge < -0.3 is 24.1 Å². The van der Waals surface area contributed by atoms with E-state index in [1.165, 1.54) is 31.0 Å². The first kappa shape index (κ1) is 33.6. The molecule has 0 unspecified atom stereocenters. The molecule has 12 nitrogen and oxygen atoms in total. The number of aliphatic hydroxyl groups excluding tert-OH is 1. The van der Waals surface area contributed by atoms with Gasteiger partial charge in [0.2, 0.25) is 11.6 Å². The van der Waals surface area contributed by atoms with Crippen LogP contribution in [0.4, 0.5) is 5.82 Å². The fraction of sp³-hybridized carbons (Fsp3) is 0.290. The number of carbonyl (C=O) groups is 1. The summed E-state index contributed by atoms with van der Waals surface area (Å²) in [5, 5.41) is 9.23. The number of pyridine rings is 1. The summed E-state index contributed by atoms with van der Waals surface area (Å²) in [6.45, 7) is 7.96. The maximum atomic E-state index is 12.1. The normalized spacial score (nSPS) is 10.6. The lowest BCUT2D eigenvalue weighted by molar-refractivity contribution is 0.0519. The van der Waals surface area contributed by atoms with E-state index in [-0.39, 0.29) is 54.5 Å². The van der Waals surface area contributed by atoms with Crippen molar-refractivity contribution in [1.29, 1.82) is 0 Å². The number of aliphatic hydroxyl groups is 1. The van der Waals surface area contributed by atoms with Gasteiger partial charge in [0.15, 0.2) is 17.3 Å². The first-order valence-electron chi connectivity index (χ1n) is 13.5. The van der Waals surface area contributed by atoms with Crippen molar-refractivity contribution in [3.05, 3.63) is 84.2 Å². The molecule has 4 aromatic rings. The van der Waals surface area contributed by atoms with Crippen molar-refractivity contribution in [2.45, 2.75) is 33.1 Å². The van der Waals surface area contributed by atoms with E-state index in [9.17, 15) is 18.3 Å². The fourth-order valence-corrected chi connectivity index (χ4v) is 3.91. The van der Waals surface area contributed by atoms with Gasteiger partial charge in [-0.2, -0.15) is 13.4 Å². The molecule has 0 bridgehead atoms. The number of nitrogens with zero attached hydrogens (tertiary/aromatic N) is 4. The van der Waals surface area contributed by atoms with Gasteiger partial charge in [0.25, 0.3) is 5.88 Å². The van der Waals surface area contributed by atoms with Crippen LogP contribution in [0.3, 0.4) is 0 Å². The molecule has 1 N–H and O–H groups in total. The highest BCUT2D eigenvalue weighted by atomic mass is 32.2. The minimum absolute atomic E-state index is 0.000940. The summed E-state index contributed by atoms with van der Waals surface area (Å²) in [7, 11) is -1.46. The Bertz CT molecular complexity index is 1680. The van der Waals surface area contributed by atoms with Gasteiger partial charge >= 0.3 is 16.5 Å². The molecule has 0 saturated carbocycles. The van der Waals surface area contributed by atoms with E-state index in [0.29, 0.717) is 16.7 Å². The summed E-state index contributed by atoms with van der Waals surface area (Å²) in [6.07, 6.45) is 1.35. The van der Waals surface area contributed by atoms with Gasteiger partial charge in [0.1, 0.15) is 12.3 Å². The molecule has 0 aliphatic rings. The Hall–Kier alpha value is -4.88. The summed E-state index contributed by atoms with van der Waals surface area (Å²) in [5.74, 6) is -0.889. The third-order valence-electron chi connectivity index (χ3n) is 5.73. The van der Waals surface area contributed by atoms with Crippen molar-refractivity contribution < 1.29 is 37.3 Å². The van der Waals surface area contributed by atoms with E-state index in [4.69, 9.17) is 18.9 Å². The van der Waals surface area contributed by atoms with E-state index in [0.717, 1.165) is 0 Å². The number of benzene rings is 2. The zero-order valence-corrected chi connectivity index (χ0v) is 25.9.